The highest BCUT2D eigenvalue weighted by atomic mass is 16.3. The summed E-state index contributed by atoms with van der Waals surface area (Å²) < 4.78 is 0. The number of aliphatic hydroxyl groups is 1. The van der Waals surface area contributed by atoms with Crippen LogP contribution in [0.5, 0.6) is 0 Å². The van der Waals surface area contributed by atoms with Crippen molar-refractivity contribution in [1.82, 2.24) is 4.90 Å². The summed E-state index contributed by atoms with van der Waals surface area (Å²) in [6, 6.07) is 0. The molecule has 0 radical (unpaired) electrons. The summed E-state index contributed by atoms with van der Waals surface area (Å²) in [4.78, 5) is 2.55. The monoisotopic (exact) mass is 213 g/mol. The summed E-state index contributed by atoms with van der Waals surface area (Å²) in [5.74, 6) is 0. The number of likely N-dealkylation sites (tertiary alicyclic amines) is 1. The van der Waals surface area contributed by atoms with E-state index in [-0.39, 0.29) is 5.41 Å². The van der Waals surface area contributed by atoms with Gasteiger partial charge in [0.2, 0.25) is 0 Å². The molecule has 0 spiro atoms. The van der Waals surface area contributed by atoms with Crippen molar-refractivity contribution >= 4 is 0 Å². The fourth-order valence-electron chi connectivity index (χ4n) is 2.65. The number of nitrogens with zero attached hydrogens (tertiary/aromatic N) is 1. The molecule has 0 aromatic carbocycles. The van der Waals surface area contributed by atoms with Crippen LogP contribution in [0.15, 0.2) is 0 Å². The first kappa shape index (κ1) is 13.0. The highest BCUT2D eigenvalue weighted by molar-refractivity contribution is 4.78. The molecule has 0 amide bonds. The van der Waals surface area contributed by atoms with E-state index < -0.39 is 0 Å². The standard InChI is InChI=1S/C13H27NO/c1-3-8-13(2,12-15)11-14-9-6-4-5-7-10-14/h15H,3-12H2,1-2H3. The first-order valence-electron chi connectivity index (χ1n) is 6.53. The lowest BCUT2D eigenvalue weighted by Crippen LogP contribution is -2.38. The average molecular weight is 213 g/mol. The zero-order chi connectivity index (χ0) is 11.1. The van der Waals surface area contributed by atoms with E-state index in [2.05, 4.69) is 18.7 Å². The van der Waals surface area contributed by atoms with Crippen molar-refractivity contribution in [3.63, 3.8) is 0 Å². The molecule has 2 nitrogen and oxygen atoms in total. The highest BCUT2D eigenvalue weighted by Gasteiger charge is 2.25. The maximum Gasteiger partial charge on any atom is 0.0497 e. The average Bonchev–Trinajstić information content (AvgIpc) is 2.47. The zero-order valence-electron chi connectivity index (χ0n) is 10.5. The van der Waals surface area contributed by atoms with Gasteiger partial charge in [-0.25, -0.2) is 0 Å². The van der Waals surface area contributed by atoms with E-state index in [0.717, 1.165) is 13.0 Å². The van der Waals surface area contributed by atoms with Crippen LogP contribution in [0.3, 0.4) is 0 Å². The van der Waals surface area contributed by atoms with Crippen LogP contribution < -0.4 is 0 Å². The number of hydrogen-bond donors (Lipinski definition) is 1. The molecule has 2 heteroatoms. The molecule has 0 bridgehead atoms. The predicted octanol–water partition coefficient (Wildman–Crippen LogP) is 2.66. The first-order chi connectivity index (χ1) is 7.20. The van der Waals surface area contributed by atoms with Crippen molar-refractivity contribution < 1.29 is 5.11 Å². The summed E-state index contributed by atoms with van der Waals surface area (Å²) in [6.45, 7) is 8.31. The molecule has 0 aromatic rings. The van der Waals surface area contributed by atoms with Crippen molar-refractivity contribution in [1.29, 1.82) is 0 Å². The van der Waals surface area contributed by atoms with E-state index in [1.54, 1.807) is 0 Å². The van der Waals surface area contributed by atoms with Gasteiger partial charge in [0, 0.05) is 18.6 Å². The molecule has 0 saturated carbocycles. The maximum atomic E-state index is 9.49. The lowest BCUT2D eigenvalue weighted by atomic mass is 9.86. The lowest BCUT2D eigenvalue weighted by molar-refractivity contribution is 0.0812. The second kappa shape index (κ2) is 6.49. The zero-order valence-corrected chi connectivity index (χ0v) is 10.5. The molecule has 1 saturated heterocycles. The van der Waals surface area contributed by atoms with Gasteiger partial charge in [-0.2, -0.15) is 0 Å². The van der Waals surface area contributed by atoms with Gasteiger partial charge in [-0.1, -0.05) is 33.1 Å². The van der Waals surface area contributed by atoms with Crippen molar-refractivity contribution in [2.75, 3.05) is 26.2 Å². The predicted molar refractivity (Wildman–Crippen MR) is 65.0 cm³/mol. The SMILES string of the molecule is CCCC(C)(CO)CN1CCCCCC1. The van der Waals surface area contributed by atoms with Crippen LogP contribution >= 0.6 is 0 Å². The van der Waals surface area contributed by atoms with Gasteiger partial charge < -0.3 is 10.0 Å². The smallest absolute Gasteiger partial charge is 0.0497 e. The second-order valence-corrected chi connectivity index (χ2v) is 5.41. The van der Waals surface area contributed by atoms with Crippen molar-refractivity contribution in [2.45, 2.75) is 52.4 Å². The van der Waals surface area contributed by atoms with Gasteiger partial charge in [0.25, 0.3) is 0 Å². The Kier molecular flexibility index (Phi) is 5.62. The molecule has 15 heavy (non-hydrogen) atoms. The van der Waals surface area contributed by atoms with Gasteiger partial charge >= 0.3 is 0 Å². The molecule has 0 aliphatic carbocycles. The van der Waals surface area contributed by atoms with Gasteiger partial charge in [-0.05, 0) is 32.4 Å². The minimum Gasteiger partial charge on any atom is -0.396 e. The van der Waals surface area contributed by atoms with Gasteiger partial charge in [0.15, 0.2) is 0 Å². The Morgan fingerprint density at radius 3 is 2.20 bits per heavy atom. The van der Waals surface area contributed by atoms with E-state index in [1.807, 2.05) is 0 Å². The third kappa shape index (κ3) is 4.52. The maximum absolute atomic E-state index is 9.49. The molecule has 1 heterocycles. The van der Waals surface area contributed by atoms with E-state index in [0.29, 0.717) is 6.61 Å². The molecule has 1 aliphatic heterocycles. The number of hydrogen-bond acceptors (Lipinski definition) is 2. The Bertz CT molecular complexity index is 164. The molecule has 1 unspecified atom stereocenters. The van der Waals surface area contributed by atoms with Crippen LogP contribution in [0.1, 0.15) is 52.4 Å². The first-order valence-corrected chi connectivity index (χ1v) is 6.53. The summed E-state index contributed by atoms with van der Waals surface area (Å²) >= 11 is 0. The van der Waals surface area contributed by atoms with Crippen molar-refractivity contribution in [3.05, 3.63) is 0 Å². The Morgan fingerprint density at radius 2 is 1.73 bits per heavy atom. The van der Waals surface area contributed by atoms with Gasteiger partial charge in [-0.15, -0.1) is 0 Å². The van der Waals surface area contributed by atoms with Gasteiger partial charge in [0.05, 0.1) is 0 Å². The third-order valence-corrected chi connectivity index (χ3v) is 3.54. The van der Waals surface area contributed by atoms with Crippen LogP contribution in [-0.2, 0) is 0 Å². The Labute approximate surface area is 94.7 Å². The molecule has 1 atom stereocenters. The minimum absolute atomic E-state index is 0.124. The topological polar surface area (TPSA) is 23.5 Å². The largest absolute Gasteiger partial charge is 0.396 e. The lowest BCUT2D eigenvalue weighted by Gasteiger charge is -2.33. The molecule has 1 N–H and O–H groups in total. The van der Waals surface area contributed by atoms with Crippen molar-refractivity contribution in [3.8, 4) is 0 Å². The molecule has 1 fully saturated rings. The molecule has 0 aromatic heterocycles. The molecule has 90 valence electrons. The van der Waals surface area contributed by atoms with Crippen LogP contribution in [0.2, 0.25) is 0 Å². The Morgan fingerprint density at radius 1 is 1.13 bits per heavy atom. The fourth-order valence-corrected chi connectivity index (χ4v) is 2.65. The second-order valence-electron chi connectivity index (χ2n) is 5.41. The Balaban J connectivity index is 2.41. The van der Waals surface area contributed by atoms with Crippen LogP contribution in [-0.4, -0.2) is 36.2 Å². The third-order valence-electron chi connectivity index (χ3n) is 3.54. The quantitative estimate of drug-likeness (QED) is 0.759. The van der Waals surface area contributed by atoms with Crippen LogP contribution in [0, 0.1) is 5.41 Å². The summed E-state index contributed by atoms with van der Waals surface area (Å²) in [5.41, 5.74) is 0.124. The van der Waals surface area contributed by atoms with E-state index in [4.69, 9.17) is 0 Å². The fraction of sp³-hybridized carbons (Fsp3) is 1.00. The van der Waals surface area contributed by atoms with E-state index in [9.17, 15) is 5.11 Å². The minimum atomic E-state index is 0.124. The van der Waals surface area contributed by atoms with Crippen molar-refractivity contribution in [2.24, 2.45) is 5.41 Å². The van der Waals surface area contributed by atoms with Crippen LogP contribution in [0.4, 0.5) is 0 Å². The summed E-state index contributed by atoms with van der Waals surface area (Å²) in [7, 11) is 0. The molecule has 1 aliphatic rings. The summed E-state index contributed by atoms with van der Waals surface area (Å²) in [6.07, 6.45) is 7.77. The van der Waals surface area contributed by atoms with Crippen LogP contribution in [0.25, 0.3) is 0 Å². The van der Waals surface area contributed by atoms with E-state index in [1.165, 1.54) is 45.2 Å². The molecular weight excluding hydrogens is 186 g/mol. The number of aliphatic hydroxyl groups excluding tert-OH is 1. The Hall–Kier alpha value is -0.0800. The van der Waals surface area contributed by atoms with E-state index >= 15 is 0 Å². The number of rotatable bonds is 5. The highest BCUT2D eigenvalue weighted by Crippen LogP contribution is 2.25. The normalized spacial score (nSPS) is 23.4. The summed E-state index contributed by atoms with van der Waals surface area (Å²) in [5, 5.41) is 9.49. The van der Waals surface area contributed by atoms with Gasteiger partial charge in [-0.3, -0.25) is 0 Å². The molecule has 1 rings (SSSR count). The van der Waals surface area contributed by atoms with Gasteiger partial charge in [0.1, 0.15) is 0 Å². The molecular formula is C13H27NO.